The summed E-state index contributed by atoms with van der Waals surface area (Å²) in [7, 11) is 0. The number of hydrogen-bond donors (Lipinski definition) is 2. The second-order valence-corrected chi connectivity index (χ2v) is 5.28. The topological polar surface area (TPSA) is 71.5 Å². The lowest BCUT2D eigenvalue weighted by Crippen LogP contribution is -2.46. The first-order valence-electron chi connectivity index (χ1n) is 5.91. The number of carbonyl (C=O) groups excluding carboxylic acids is 1. The van der Waals surface area contributed by atoms with Crippen molar-refractivity contribution < 1.29 is 14.6 Å². The zero-order valence-electron chi connectivity index (χ0n) is 10.2. The number of pyridine rings is 1. The van der Waals surface area contributed by atoms with Gasteiger partial charge in [0.2, 0.25) is 0 Å². The maximum absolute atomic E-state index is 11.9. The van der Waals surface area contributed by atoms with Crippen molar-refractivity contribution in [3.63, 3.8) is 0 Å². The maximum atomic E-state index is 11.9. The molecule has 1 saturated heterocycles. The monoisotopic (exact) mass is 304 g/mol. The molecule has 0 atom stereocenters. The molecule has 1 aromatic heterocycles. The Labute approximate surface area is 120 Å². The van der Waals surface area contributed by atoms with Gasteiger partial charge >= 0.3 is 0 Å². The minimum absolute atomic E-state index is 0.0600. The van der Waals surface area contributed by atoms with E-state index in [1.165, 1.54) is 12.1 Å². The largest absolute Gasteiger partial charge is 0.388 e. The normalized spacial score (nSPS) is 18.1. The van der Waals surface area contributed by atoms with Gasteiger partial charge in [-0.1, -0.05) is 23.2 Å². The van der Waals surface area contributed by atoms with Crippen LogP contribution in [-0.4, -0.2) is 41.4 Å². The SMILES string of the molecule is O=C(NCC1(O)CCOCC1)c1nc(Cl)ccc1Cl. The fraction of sp³-hybridized carbons (Fsp3) is 0.500. The Bertz CT molecular complexity index is 476. The Balaban J connectivity index is 1.99. The molecule has 2 rings (SSSR count). The third-order valence-electron chi connectivity index (χ3n) is 3.03. The first kappa shape index (κ1) is 14.5. The molecule has 0 bridgehead atoms. The number of ether oxygens (including phenoxy) is 1. The van der Waals surface area contributed by atoms with E-state index in [4.69, 9.17) is 27.9 Å². The summed E-state index contributed by atoms with van der Waals surface area (Å²) in [5.74, 6) is -0.451. The van der Waals surface area contributed by atoms with E-state index in [-0.39, 0.29) is 22.4 Å². The van der Waals surface area contributed by atoms with Crippen molar-refractivity contribution in [2.75, 3.05) is 19.8 Å². The van der Waals surface area contributed by atoms with Gasteiger partial charge in [0.15, 0.2) is 0 Å². The summed E-state index contributed by atoms with van der Waals surface area (Å²) >= 11 is 11.6. The highest BCUT2D eigenvalue weighted by atomic mass is 35.5. The van der Waals surface area contributed by atoms with Crippen LogP contribution in [0.15, 0.2) is 12.1 Å². The van der Waals surface area contributed by atoms with Crippen LogP contribution in [0.2, 0.25) is 10.2 Å². The predicted molar refractivity (Wildman–Crippen MR) is 71.6 cm³/mol. The van der Waals surface area contributed by atoms with Crippen LogP contribution in [0.25, 0.3) is 0 Å². The van der Waals surface area contributed by atoms with Gasteiger partial charge in [-0.15, -0.1) is 0 Å². The Kier molecular flexibility index (Phi) is 4.62. The van der Waals surface area contributed by atoms with E-state index in [1.807, 2.05) is 0 Å². The number of halogens is 2. The highest BCUT2D eigenvalue weighted by molar-refractivity contribution is 6.34. The Morgan fingerprint density at radius 2 is 2.11 bits per heavy atom. The van der Waals surface area contributed by atoms with Crippen molar-refractivity contribution >= 4 is 29.1 Å². The quantitative estimate of drug-likeness (QED) is 0.833. The molecular formula is C12H14Cl2N2O3. The van der Waals surface area contributed by atoms with Crippen LogP contribution < -0.4 is 5.32 Å². The molecule has 19 heavy (non-hydrogen) atoms. The molecule has 104 valence electrons. The van der Waals surface area contributed by atoms with E-state index in [2.05, 4.69) is 10.3 Å². The molecule has 5 nitrogen and oxygen atoms in total. The van der Waals surface area contributed by atoms with Gasteiger partial charge in [0.05, 0.1) is 10.6 Å². The summed E-state index contributed by atoms with van der Waals surface area (Å²) in [6, 6.07) is 3.02. The number of nitrogens with zero attached hydrogens (tertiary/aromatic N) is 1. The fourth-order valence-corrected chi connectivity index (χ4v) is 2.17. The van der Waals surface area contributed by atoms with Crippen LogP contribution in [-0.2, 0) is 4.74 Å². The number of amides is 1. The molecule has 2 N–H and O–H groups in total. The molecule has 1 amide bonds. The molecular weight excluding hydrogens is 291 g/mol. The Morgan fingerprint density at radius 3 is 2.79 bits per heavy atom. The molecule has 1 fully saturated rings. The average molecular weight is 305 g/mol. The number of aromatic nitrogens is 1. The summed E-state index contributed by atoms with van der Waals surface area (Å²) in [6.07, 6.45) is 0.980. The molecule has 1 aromatic rings. The van der Waals surface area contributed by atoms with Gasteiger partial charge in [-0.25, -0.2) is 4.98 Å². The van der Waals surface area contributed by atoms with Gasteiger partial charge < -0.3 is 15.2 Å². The first-order chi connectivity index (χ1) is 9.00. The molecule has 1 aliphatic heterocycles. The molecule has 0 saturated carbocycles. The van der Waals surface area contributed by atoms with Crippen LogP contribution in [0.1, 0.15) is 23.3 Å². The number of rotatable bonds is 3. The highest BCUT2D eigenvalue weighted by Crippen LogP contribution is 2.20. The lowest BCUT2D eigenvalue weighted by atomic mass is 9.94. The third-order valence-corrected chi connectivity index (χ3v) is 3.54. The molecule has 7 heteroatoms. The lowest BCUT2D eigenvalue weighted by molar-refractivity contribution is -0.0605. The summed E-state index contributed by atoms with van der Waals surface area (Å²) in [5, 5.41) is 13.3. The van der Waals surface area contributed by atoms with Gasteiger partial charge in [0, 0.05) is 32.6 Å². The minimum Gasteiger partial charge on any atom is -0.388 e. The van der Waals surface area contributed by atoms with Crippen LogP contribution in [0.5, 0.6) is 0 Å². The molecule has 0 radical (unpaired) electrons. The predicted octanol–water partition coefficient (Wildman–Crippen LogP) is 1.66. The van der Waals surface area contributed by atoms with Gasteiger partial charge in [-0.05, 0) is 12.1 Å². The second-order valence-electron chi connectivity index (χ2n) is 4.48. The second kappa shape index (κ2) is 6.05. The highest BCUT2D eigenvalue weighted by Gasteiger charge is 2.30. The molecule has 2 heterocycles. The van der Waals surface area contributed by atoms with E-state index in [0.717, 1.165) is 0 Å². The van der Waals surface area contributed by atoms with Crippen LogP contribution >= 0.6 is 23.2 Å². The number of hydrogen-bond acceptors (Lipinski definition) is 4. The average Bonchev–Trinajstić information content (AvgIpc) is 2.40. The maximum Gasteiger partial charge on any atom is 0.271 e. The van der Waals surface area contributed by atoms with Gasteiger partial charge in [0.1, 0.15) is 10.8 Å². The van der Waals surface area contributed by atoms with Crippen LogP contribution in [0.4, 0.5) is 0 Å². The molecule has 0 unspecified atom stereocenters. The minimum atomic E-state index is -0.932. The molecule has 0 aliphatic carbocycles. The van der Waals surface area contributed by atoms with E-state index >= 15 is 0 Å². The van der Waals surface area contributed by atoms with E-state index < -0.39 is 11.5 Å². The van der Waals surface area contributed by atoms with E-state index in [0.29, 0.717) is 26.1 Å². The smallest absolute Gasteiger partial charge is 0.271 e. The Hall–Kier alpha value is -0.880. The molecule has 0 aromatic carbocycles. The van der Waals surface area contributed by atoms with E-state index in [1.54, 1.807) is 0 Å². The first-order valence-corrected chi connectivity index (χ1v) is 6.66. The van der Waals surface area contributed by atoms with Crippen LogP contribution in [0.3, 0.4) is 0 Å². The number of carbonyl (C=O) groups is 1. The third kappa shape index (κ3) is 3.79. The Morgan fingerprint density at radius 1 is 1.42 bits per heavy atom. The summed E-state index contributed by atoms with van der Waals surface area (Å²) in [4.78, 5) is 15.8. The number of aliphatic hydroxyl groups is 1. The van der Waals surface area contributed by atoms with Gasteiger partial charge in [-0.2, -0.15) is 0 Å². The van der Waals surface area contributed by atoms with E-state index in [9.17, 15) is 9.90 Å². The standard InChI is InChI=1S/C12H14Cl2N2O3/c13-8-1-2-9(14)16-10(8)11(17)15-7-12(18)3-5-19-6-4-12/h1-2,18H,3-7H2,(H,15,17). The fourth-order valence-electron chi connectivity index (χ4n) is 1.83. The van der Waals surface area contributed by atoms with Crippen molar-refractivity contribution in [2.24, 2.45) is 0 Å². The van der Waals surface area contributed by atoms with Gasteiger partial charge in [-0.3, -0.25) is 4.79 Å². The van der Waals surface area contributed by atoms with Crippen molar-refractivity contribution in [3.8, 4) is 0 Å². The van der Waals surface area contributed by atoms with Crippen molar-refractivity contribution in [3.05, 3.63) is 28.0 Å². The van der Waals surface area contributed by atoms with Crippen molar-refractivity contribution in [2.45, 2.75) is 18.4 Å². The van der Waals surface area contributed by atoms with Crippen molar-refractivity contribution in [1.29, 1.82) is 0 Å². The molecule has 0 spiro atoms. The lowest BCUT2D eigenvalue weighted by Gasteiger charge is -2.32. The van der Waals surface area contributed by atoms with Crippen LogP contribution in [0, 0.1) is 0 Å². The zero-order chi connectivity index (χ0) is 13.9. The summed E-state index contributed by atoms with van der Waals surface area (Å²) in [6.45, 7) is 1.12. The molecule has 1 aliphatic rings. The van der Waals surface area contributed by atoms with Gasteiger partial charge in [0.25, 0.3) is 5.91 Å². The number of nitrogens with one attached hydrogen (secondary N) is 1. The van der Waals surface area contributed by atoms with Crippen molar-refractivity contribution in [1.82, 2.24) is 10.3 Å². The zero-order valence-corrected chi connectivity index (χ0v) is 11.7. The summed E-state index contributed by atoms with van der Waals surface area (Å²) in [5.41, 5.74) is -0.872. The summed E-state index contributed by atoms with van der Waals surface area (Å²) < 4.78 is 5.17.